The molecular formula is C15H20O3S2. The third-order valence-electron chi connectivity index (χ3n) is 2.69. The van der Waals surface area contributed by atoms with Crippen molar-refractivity contribution >= 4 is 34.1 Å². The Labute approximate surface area is 130 Å². The van der Waals surface area contributed by atoms with Crippen LogP contribution in [0.2, 0.25) is 0 Å². The summed E-state index contributed by atoms with van der Waals surface area (Å²) in [6.45, 7) is 2.43. The van der Waals surface area contributed by atoms with E-state index in [-0.39, 0.29) is 5.78 Å². The number of thioether (sulfide) groups is 1. The normalized spacial score (nSPS) is 10.1. The maximum absolute atomic E-state index is 11.7. The van der Waals surface area contributed by atoms with E-state index >= 15 is 0 Å². The largest absolute Gasteiger partial charge is 0.497 e. The molecule has 5 heteroatoms. The van der Waals surface area contributed by atoms with Crippen molar-refractivity contribution in [2.75, 3.05) is 19.5 Å². The minimum atomic E-state index is 0.213. The van der Waals surface area contributed by atoms with Crippen molar-refractivity contribution in [1.82, 2.24) is 0 Å². The molecule has 0 aliphatic rings. The summed E-state index contributed by atoms with van der Waals surface area (Å²) in [5.41, 5.74) is 1.22. The topological polar surface area (TPSA) is 35.5 Å². The van der Waals surface area contributed by atoms with Crippen LogP contribution in [0.4, 0.5) is 0 Å². The molecule has 1 aromatic carbocycles. The average molecular weight is 312 g/mol. The lowest BCUT2D eigenvalue weighted by Crippen LogP contribution is -2.06. The Morgan fingerprint density at radius 3 is 2.60 bits per heavy atom. The zero-order valence-corrected chi connectivity index (χ0v) is 13.5. The molecule has 0 bridgehead atoms. The first-order valence-corrected chi connectivity index (χ1v) is 7.99. The van der Waals surface area contributed by atoms with Crippen LogP contribution in [0.5, 0.6) is 5.75 Å². The number of ether oxygens (including phenoxy) is 2. The van der Waals surface area contributed by atoms with Gasteiger partial charge in [-0.1, -0.05) is 23.9 Å². The second-order valence-electron chi connectivity index (χ2n) is 4.21. The van der Waals surface area contributed by atoms with Crippen LogP contribution in [0.3, 0.4) is 0 Å². The Balaban J connectivity index is 2.19. The molecule has 3 nitrogen and oxygen atoms in total. The summed E-state index contributed by atoms with van der Waals surface area (Å²) in [6, 6.07) is 7.94. The molecule has 0 saturated carbocycles. The van der Waals surface area contributed by atoms with Crippen LogP contribution < -0.4 is 4.74 Å². The lowest BCUT2D eigenvalue weighted by atomic mass is 10.1. The van der Waals surface area contributed by atoms with Gasteiger partial charge in [-0.25, -0.2) is 0 Å². The predicted octanol–water partition coefficient (Wildman–Crippen LogP) is 3.64. The van der Waals surface area contributed by atoms with Gasteiger partial charge in [-0.3, -0.25) is 4.79 Å². The minimum absolute atomic E-state index is 0.213. The van der Waals surface area contributed by atoms with Crippen LogP contribution in [-0.4, -0.2) is 29.6 Å². The van der Waals surface area contributed by atoms with Gasteiger partial charge in [0.05, 0.1) is 19.5 Å². The van der Waals surface area contributed by atoms with E-state index < -0.39 is 0 Å². The Hall–Kier alpha value is -1.07. The third-order valence-corrected chi connectivity index (χ3v) is 3.98. The summed E-state index contributed by atoms with van der Waals surface area (Å²) in [5, 5.41) is 0. The molecule has 1 aromatic rings. The monoisotopic (exact) mass is 312 g/mol. The van der Waals surface area contributed by atoms with Gasteiger partial charge in [-0.2, -0.15) is 0 Å². The van der Waals surface area contributed by atoms with E-state index in [9.17, 15) is 4.79 Å². The number of thiocarbonyl (C=S) groups is 1. The lowest BCUT2D eigenvalue weighted by molar-refractivity contribution is -0.116. The summed E-state index contributed by atoms with van der Waals surface area (Å²) in [4.78, 5) is 11.7. The second-order valence-corrected chi connectivity index (χ2v) is 5.79. The highest BCUT2D eigenvalue weighted by atomic mass is 32.2. The van der Waals surface area contributed by atoms with Crippen molar-refractivity contribution in [3.05, 3.63) is 29.8 Å². The number of aryl methyl sites for hydroxylation is 1. The molecule has 0 amide bonds. The minimum Gasteiger partial charge on any atom is -0.497 e. The van der Waals surface area contributed by atoms with Gasteiger partial charge < -0.3 is 9.47 Å². The van der Waals surface area contributed by atoms with Gasteiger partial charge in [-0.05, 0) is 49.7 Å². The van der Waals surface area contributed by atoms with Gasteiger partial charge in [0.25, 0.3) is 0 Å². The quantitative estimate of drug-likeness (QED) is 0.685. The number of ketones is 1. The zero-order valence-electron chi connectivity index (χ0n) is 11.9. The highest BCUT2D eigenvalue weighted by molar-refractivity contribution is 8.23. The maximum Gasteiger partial charge on any atom is 0.220 e. The predicted molar refractivity (Wildman–Crippen MR) is 87.6 cm³/mol. The van der Waals surface area contributed by atoms with E-state index in [4.69, 9.17) is 21.7 Å². The van der Waals surface area contributed by atoms with E-state index in [1.807, 2.05) is 31.2 Å². The van der Waals surface area contributed by atoms with Crippen molar-refractivity contribution in [2.45, 2.75) is 26.2 Å². The summed E-state index contributed by atoms with van der Waals surface area (Å²) < 4.78 is 10.7. The highest BCUT2D eigenvalue weighted by Crippen LogP contribution is 2.14. The van der Waals surface area contributed by atoms with Crippen molar-refractivity contribution < 1.29 is 14.3 Å². The summed E-state index contributed by atoms with van der Waals surface area (Å²) in [7, 11) is 1.65. The number of rotatable bonds is 8. The van der Waals surface area contributed by atoms with Gasteiger partial charge in [0.1, 0.15) is 11.5 Å². The van der Waals surface area contributed by atoms with Crippen LogP contribution in [0.1, 0.15) is 25.3 Å². The Morgan fingerprint density at radius 1 is 1.30 bits per heavy atom. The molecule has 1 rings (SSSR count). The number of benzene rings is 1. The molecule has 0 saturated heterocycles. The number of carbonyl (C=O) groups excluding carboxylic acids is 1. The van der Waals surface area contributed by atoms with Crippen molar-refractivity contribution in [2.24, 2.45) is 0 Å². The van der Waals surface area contributed by atoms with Crippen LogP contribution in [0.25, 0.3) is 0 Å². The van der Waals surface area contributed by atoms with Crippen molar-refractivity contribution in [1.29, 1.82) is 0 Å². The summed E-state index contributed by atoms with van der Waals surface area (Å²) >= 11 is 6.26. The molecule has 0 aliphatic carbocycles. The molecule has 0 atom stereocenters. The molecule has 0 spiro atoms. The fraction of sp³-hybridized carbons (Fsp3) is 0.467. The number of carbonyl (C=O) groups is 1. The zero-order chi connectivity index (χ0) is 14.8. The van der Waals surface area contributed by atoms with Crippen molar-refractivity contribution in [3.8, 4) is 5.75 Å². The van der Waals surface area contributed by atoms with Crippen LogP contribution >= 0.6 is 24.0 Å². The lowest BCUT2D eigenvalue weighted by Gasteiger charge is -2.05. The first-order valence-electron chi connectivity index (χ1n) is 6.60. The smallest absolute Gasteiger partial charge is 0.220 e. The Kier molecular flexibility index (Phi) is 8.30. The molecule has 0 N–H and O–H groups in total. The molecule has 0 radical (unpaired) electrons. The first-order chi connectivity index (χ1) is 9.65. The molecule has 0 heterocycles. The standard InChI is InChI=1S/C15H20O3S2/c1-3-18-15(19)20-11-13(16)6-4-5-12-7-9-14(17-2)10-8-12/h7-10H,3-6,11H2,1-2H3. The van der Waals surface area contributed by atoms with Crippen LogP contribution in [-0.2, 0) is 16.0 Å². The van der Waals surface area contributed by atoms with Gasteiger partial charge in [0, 0.05) is 6.42 Å². The van der Waals surface area contributed by atoms with Crippen LogP contribution in [0, 0.1) is 0 Å². The molecule has 0 fully saturated rings. The van der Waals surface area contributed by atoms with E-state index in [0.717, 1.165) is 18.6 Å². The SMILES string of the molecule is CCOC(=S)SCC(=O)CCCc1ccc(OC)cc1. The fourth-order valence-corrected chi connectivity index (χ4v) is 2.57. The maximum atomic E-state index is 11.7. The first kappa shape index (κ1) is 17.0. The molecular weight excluding hydrogens is 292 g/mol. The van der Waals surface area contributed by atoms with E-state index in [1.54, 1.807) is 7.11 Å². The molecule has 20 heavy (non-hydrogen) atoms. The van der Waals surface area contributed by atoms with Crippen LogP contribution in [0.15, 0.2) is 24.3 Å². The molecule has 110 valence electrons. The van der Waals surface area contributed by atoms with E-state index in [1.165, 1.54) is 17.3 Å². The van der Waals surface area contributed by atoms with E-state index in [2.05, 4.69) is 0 Å². The molecule has 0 aliphatic heterocycles. The molecule has 0 unspecified atom stereocenters. The fourth-order valence-electron chi connectivity index (χ4n) is 1.65. The second kappa shape index (κ2) is 9.77. The molecule has 0 aromatic heterocycles. The van der Waals surface area contributed by atoms with Gasteiger partial charge in [0.15, 0.2) is 0 Å². The Bertz CT molecular complexity index is 429. The third kappa shape index (κ3) is 6.91. The number of methoxy groups -OCH3 is 1. The van der Waals surface area contributed by atoms with Gasteiger partial charge in [-0.15, -0.1) is 0 Å². The summed E-state index contributed by atoms with van der Waals surface area (Å²) in [5.74, 6) is 1.47. The Morgan fingerprint density at radius 2 is 2.00 bits per heavy atom. The van der Waals surface area contributed by atoms with Gasteiger partial charge >= 0.3 is 0 Å². The number of hydrogen-bond acceptors (Lipinski definition) is 5. The van der Waals surface area contributed by atoms with E-state index in [0.29, 0.717) is 23.2 Å². The number of Topliss-reactive ketones (excluding diaryl/α,β-unsaturated/α-hetero) is 1. The van der Waals surface area contributed by atoms with Crippen molar-refractivity contribution in [3.63, 3.8) is 0 Å². The highest BCUT2D eigenvalue weighted by Gasteiger charge is 2.06. The average Bonchev–Trinajstić information content (AvgIpc) is 2.46. The van der Waals surface area contributed by atoms with Gasteiger partial charge in [0.2, 0.25) is 4.38 Å². The number of hydrogen-bond donors (Lipinski definition) is 0. The summed E-state index contributed by atoms with van der Waals surface area (Å²) in [6.07, 6.45) is 2.33.